The summed E-state index contributed by atoms with van der Waals surface area (Å²) < 4.78 is 0. The van der Waals surface area contributed by atoms with Crippen molar-refractivity contribution in [2.45, 2.75) is 64.1 Å². The number of aliphatic imine (C=N–C) groups is 1. The van der Waals surface area contributed by atoms with Crippen molar-refractivity contribution in [1.29, 1.82) is 0 Å². The van der Waals surface area contributed by atoms with Gasteiger partial charge in [-0.2, -0.15) is 0 Å². The van der Waals surface area contributed by atoms with Crippen LogP contribution < -0.4 is 27.8 Å². The van der Waals surface area contributed by atoms with Gasteiger partial charge in [0.25, 0.3) is 0 Å². The van der Waals surface area contributed by atoms with Crippen LogP contribution >= 0.6 is 0 Å². The molecule has 12 heteroatoms. The summed E-state index contributed by atoms with van der Waals surface area (Å²) in [6, 6.07) is -2.80. The lowest BCUT2D eigenvalue weighted by Gasteiger charge is -2.27. The molecule has 0 aromatic heterocycles. The largest absolute Gasteiger partial charge is 0.480 e. The van der Waals surface area contributed by atoms with Crippen LogP contribution in [0.1, 0.15) is 46.0 Å². The van der Waals surface area contributed by atoms with Gasteiger partial charge in [0.05, 0.1) is 6.54 Å². The number of hydrogen-bond acceptors (Lipinski definition) is 6. The van der Waals surface area contributed by atoms with E-state index in [4.69, 9.17) is 17.2 Å². The third kappa shape index (κ3) is 8.04. The quantitative estimate of drug-likeness (QED) is 0.114. The molecular weight excluding hydrogens is 406 g/mol. The summed E-state index contributed by atoms with van der Waals surface area (Å²) >= 11 is 0. The number of nitrogens with zero attached hydrogens (tertiary/aromatic N) is 2. The number of nitrogens with one attached hydrogen (secondary N) is 2. The monoisotopic (exact) mass is 441 g/mol. The lowest BCUT2D eigenvalue weighted by atomic mass is 9.98. The molecular formula is C19H35N7O5. The summed E-state index contributed by atoms with van der Waals surface area (Å²) in [6.07, 6.45) is 2.24. The number of nitrogens with two attached hydrogens (primary N) is 3. The molecule has 176 valence electrons. The molecule has 9 N–H and O–H groups in total. The zero-order valence-electron chi connectivity index (χ0n) is 18.2. The molecule has 0 spiro atoms. The smallest absolute Gasteiger partial charge is 0.326 e. The van der Waals surface area contributed by atoms with Crippen molar-refractivity contribution in [3.8, 4) is 0 Å². The Balaban J connectivity index is 2.92. The van der Waals surface area contributed by atoms with Gasteiger partial charge in [0.15, 0.2) is 5.96 Å². The highest BCUT2D eigenvalue weighted by Crippen LogP contribution is 2.18. The minimum Gasteiger partial charge on any atom is -0.480 e. The van der Waals surface area contributed by atoms with Crippen LogP contribution in [-0.2, 0) is 19.2 Å². The maximum atomic E-state index is 12.9. The second-order valence-electron chi connectivity index (χ2n) is 7.67. The molecule has 0 bridgehead atoms. The highest BCUT2D eigenvalue weighted by molar-refractivity contribution is 5.93. The molecule has 1 rings (SSSR count). The summed E-state index contributed by atoms with van der Waals surface area (Å²) in [5, 5.41) is 14.6. The second kappa shape index (κ2) is 12.7. The van der Waals surface area contributed by atoms with Crippen LogP contribution in [0.4, 0.5) is 0 Å². The first kappa shape index (κ1) is 26.1. The molecule has 1 saturated heterocycles. The highest BCUT2D eigenvalue weighted by atomic mass is 16.4. The van der Waals surface area contributed by atoms with E-state index >= 15 is 0 Å². The number of rotatable bonds is 12. The minimum absolute atomic E-state index is 0.0883. The Morgan fingerprint density at radius 1 is 1.23 bits per heavy atom. The van der Waals surface area contributed by atoms with E-state index in [0.29, 0.717) is 32.2 Å². The first-order valence-electron chi connectivity index (χ1n) is 10.5. The fourth-order valence-electron chi connectivity index (χ4n) is 3.43. The van der Waals surface area contributed by atoms with Gasteiger partial charge >= 0.3 is 5.97 Å². The fourth-order valence-corrected chi connectivity index (χ4v) is 3.43. The fraction of sp³-hybridized carbons (Fsp3) is 0.737. The average Bonchev–Trinajstić information content (AvgIpc) is 3.22. The molecule has 0 radical (unpaired) electrons. The molecule has 12 nitrogen and oxygen atoms in total. The molecule has 4 unspecified atom stereocenters. The topological polar surface area (TPSA) is 206 Å². The maximum Gasteiger partial charge on any atom is 0.326 e. The zero-order chi connectivity index (χ0) is 23.6. The third-order valence-electron chi connectivity index (χ3n) is 5.41. The highest BCUT2D eigenvalue weighted by Gasteiger charge is 2.36. The van der Waals surface area contributed by atoms with Crippen molar-refractivity contribution in [2.75, 3.05) is 19.6 Å². The summed E-state index contributed by atoms with van der Waals surface area (Å²) in [7, 11) is 0. The maximum absolute atomic E-state index is 12.9. The van der Waals surface area contributed by atoms with E-state index < -0.39 is 35.9 Å². The molecule has 0 aromatic rings. The first-order valence-corrected chi connectivity index (χ1v) is 10.5. The van der Waals surface area contributed by atoms with Crippen LogP contribution in [0, 0.1) is 5.92 Å². The van der Waals surface area contributed by atoms with Crippen molar-refractivity contribution < 1.29 is 24.3 Å². The molecule has 31 heavy (non-hydrogen) atoms. The lowest BCUT2D eigenvalue weighted by Crippen LogP contribution is -2.56. The molecule has 1 aliphatic heterocycles. The van der Waals surface area contributed by atoms with Gasteiger partial charge in [-0.1, -0.05) is 20.3 Å². The summed E-state index contributed by atoms with van der Waals surface area (Å²) in [5.41, 5.74) is 16.0. The molecule has 0 aromatic carbocycles. The Morgan fingerprint density at radius 3 is 2.45 bits per heavy atom. The van der Waals surface area contributed by atoms with Gasteiger partial charge in [-0.25, -0.2) is 4.79 Å². The standard InChI is InChI=1S/C19H35N7O5/c1-3-11(2)15(18(30)31)25-16(28)12(6-4-8-23-19(21)22)24-17(29)13-7-5-9-26(13)14(27)10-20/h11-13,15H,3-10,20H2,1-2H3,(H,24,29)(H,25,28)(H,30,31)(H4,21,22,23). The van der Waals surface area contributed by atoms with E-state index in [9.17, 15) is 24.3 Å². The zero-order valence-corrected chi connectivity index (χ0v) is 18.2. The predicted molar refractivity (Wildman–Crippen MR) is 115 cm³/mol. The van der Waals surface area contributed by atoms with E-state index in [2.05, 4.69) is 15.6 Å². The molecule has 1 aliphatic rings. The van der Waals surface area contributed by atoms with Gasteiger partial charge in [0.2, 0.25) is 17.7 Å². The Morgan fingerprint density at radius 2 is 1.90 bits per heavy atom. The number of carbonyl (C=O) groups excluding carboxylic acids is 3. The van der Waals surface area contributed by atoms with E-state index in [1.165, 1.54) is 4.90 Å². The van der Waals surface area contributed by atoms with E-state index in [1.807, 2.05) is 6.92 Å². The number of amides is 3. The van der Waals surface area contributed by atoms with Crippen LogP contribution in [0.25, 0.3) is 0 Å². The Labute approximate surface area is 182 Å². The molecule has 1 fully saturated rings. The second-order valence-corrected chi connectivity index (χ2v) is 7.67. The Kier molecular flexibility index (Phi) is 10.7. The van der Waals surface area contributed by atoms with Crippen LogP contribution in [0.15, 0.2) is 4.99 Å². The van der Waals surface area contributed by atoms with Crippen LogP contribution in [0.5, 0.6) is 0 Å². The molecule has 0 aliphatic carbocycles. The summed E-state index contributed by atoms with van der Waals surface area (Å²) in [5.74, 6) is -2.96. The average molecular weight is 442 g/mol. The number of likely N-dealkylation sites (tertiary alicyclic amines) is 1. The number of carboxylic acids is 1. The summed E-state index contributed by atoms with van der Waals surface area (Å²) in [6.45, 7) is 4.01. The number of carbonyl (C=O) groups is 4. The van der Waals surface area contributed by atoms with Crippen molar-refractivity contribution in [2.24, 2.45) is 28.1 Å². The molecule has 0 saturated carbocycles. The Hall–Kier alpha value is -2.89. The number of hydrogen-bond donors (Lipinski definition) is 6. The van der Waals surface area contributed by atoms with Crippen molar-refractivity contribution >= 4 is 29.7 Å². The van der Waals surface area contributed by atoms with E-state index in [-0.39, 0.29) is 37.3 Å². The predicted octanol–water partition coefficient (Wildman–Crippen LogP) is -1.91. The van der Waals surface area contributed by atoms with Gasteiger partial charge < -0.3 is 37.8 Å². The molecule has 4 atom stereocenters. The molecule has 1 heterocycles. The number of aliphatic carboxylic acids is 1. The van der Waals surface area contributed by atoms with Crippen molar-refractivity contribution in [3.05, 3.63) is 0 Å². The summed E-state index contributed by atoms with van der Waals surface area (Å²) in [4.78, 5) is 54.5. The van der Waals surface area contributed by atoms with Crippen LogP contribution in [-0.4, -0.2) is 77.4 Å². The Bertz CT molecular complexity index is 681. The van der Waals surface area contributed by atoms with Gasteiger partial charge in [-0.05, 0) is 31.6 Å². The van der Waals surface area contributed by atoms with Crippen molar-refractivity contribution in [3.63, 3.8) is 0 Å². The van der Waals surface area contributed by atoms with E-state index in [1.54, 1.807) is 6.92 Å². The first-order chi connectivity index (χ1) is 14.6. The third-order valence-corrected chi connectivity index (χ3v) is 5.41. The van der Waals surface area contributed by atoms with Crippen LogP contribution in [0.2, 0.25) is 0 Å². The molecule has 3 amide bonds. The van der Waals surface area contributed by atoms with Crippen molar-refractivity contribution in [1.82, 2.24) is 15.5 Å². The van der Waals surface area contributed by atoms with Gasteiger partial charge in [-0.15, -0.1) is 0 Å². The lowest BCUT2D eigenvalue weighted by molar-refractivity contribution is -0.144. The van der Waals surface area contributed by atoms with Gasteiger partial charge in [0, 0.05) is 13.1 Å². The van der Waals surface area contributed by atoms with Crippen LogP contribution in [0.3, 0.4) is 0 Å². The van der Waals surface area contributed by atoms with Gasteiger partial charge in [-0.3, -0.25) is 19.4 Å². The number of guanidine groups is 1. The van der Waals surface area contributed by atoms with E-state index in [0.717, 1.165) is 0 Å². The SMILES string of the molecule is CCC(C)C(NC(=O)C(CCCN=C(N)N)NC(=O)C1CCCN1C(=O)CN)C(=O)O. The van der Waals surface area contributed by atoms with Gasteiger partial charge in [0.1, 0.15) is 18.1 Å². The minimum atomic E-state index is -1.15. The normalized spacial score (nSPS) is 18.5. The number of carboxylic acid groups (broad SMARTS) is 1.